The summed E-state index contributed by atoms with van der Waals surface area (Å²) in [6.07, 6.45) is 6.78. The zero-order valence-corrected chi connectivity index (χ0v) is 12.3. The highest BCUT2D eigenvalue weighted by Crippen LogP contribution is 2.21. The van der Waals surface area contributed by atoms with Crippen molar-refractivity contribution in [1.29, 1.82) is 0 Å². The average Bonchev–Trinajstić information content (AvgIpc) is 2.82. The number of hydrogen-bond acceptors (Lipinski definition) is 4. The molecule has 1 aliphatic rings. The standard InChI is InChI=1S/C13H18N4O2S/c1-20(18,19)17-7-3-4-11(9-17)8-16-10-15-12-5-2-6-14-13(12)16/h2,5-6,10-11H,3-4,7-9H2,1H3. The highest BCUT2D eigenvalue weighted by Gasteiger charge is 2.26. The van der Waals surface area contributed by atoms with Gasteiger partial charge in [-0.15, -0.1) is 0 Å². The van der Waals surface area contributed by atoms with Crippen LogP contribution in [0.15, 0.2) is 24.7 Å². The fourth-order valence-electron chi connectivity index (χ4n) is 2.79. The maximum atomic E-state index is 11.6. The van der Waals surface area contributed by atoms with Crippen LogP contribution in [0.2, 0.25) is 0 Å². The fraction of sp³-hybridized carbons (Fsp3) is 0.538. The molecule has 0 aromatic carbocycles. The van der Waals surface area contributed by atoms with Gasteiger partial charge in [-0.25, -0.2) is 22.7 Å². The van der Waals surface area contributed by atoms with Crippen LogP contribution in [0.1, 0.15) is 12.8 Å². The van der Waals surface area contributed by atoms with E-state index in [0.717, 1.165) is 30.6 Å². The zero-order chi connectivity index (χ0) is 14.2. The van der Waals surface area contributed by atoms with Gasteiger partial charge >= 0.3 is 0 Å². The van der Waals surface area contributed by atoms with E-state index in [4.69, 9.17) is 0 Å². The van der Waals surface area contributed by atoms with Gasteiger partial charge in [0.25, 0.3) is 0 Å². The SMILES string of the molecule is CS(=O)(=O)N1CCCC(Cn2cnc3cccnc32)C1. The van der Waals surface area contributed by atoms with Gasteiger partial charge < -0.3 is 4.57 Å². The monoisotopic (exact) mass is 294 g/mol. The third-order valence-corrected chi connectivity index (χ3v) is 5.05. The Kier molecular flexibility index (Phi) is 3.47. The molecule has 6 nitrogen and oxygen atoms in total. The minimum atomic E-state index is -3.09. The Bertz CT molecular complexity index is 710. The molecule has 1 saturated heterocycles. The summed E-state index contributed by atoms with van der Waals surface area (Å²) in [5.74, 6) is 0.317. The first-order valence-corrected chi connectivity index (χ1v) is 8.60. The summed E-state index contributed by atoms with van der Waals surface area (Å²) in [4.78, 5) is 8.66. The molecule has 7 heteroatoms. The van der Waals surface area contributed by atoms with Gasteiger partial charge in [0.15, 0.2) is 5.65 Å². The lowest BCUT2D eigenvalue weighted by atomic mass is 10.00. The average molecular weight is 294 g/mol. The van der Waals surface area contributed by atoms with Crippen LogP contribution < -0.4 is 0 Å². The maximum absolute atomic E-state index is 11.6. The molecule has 1 aliphatic heterocycles. The molecule has 1 unspecified atom stereocenters. The molecule has 0 radical (unpaired) electrons. The number of sulfonamides is 1. The molecule has 1 atom stereocenters. The number of hydrogen-bond donors (Lipinski definition) is 0. The van der Waals surface area contributed by atoms with Gasteiger partial charge in [0.05, 0.1) is 12.6 Å². The second-order valence-electron chi connectivity index (χ2n) is 5.37. The lowest BCUT2D eigenvalue weighted by Crippen LogP contribution is -2.40. The second-order valence-corrected chi connectivity index (χ2v) is 7.35. The smallest absolute Gasteiger partial charge is 0.211 e. The summed E-state index contributed by atoms with van der Waals surface area (Å²) in [7, 11) is -3.09. The summed E-state index contributed by atoms with van der Waals surface area (Å²) in [6.45, 7) is 1.99. The molecule has 3 heterocycles. The van der Waals surface area contributed by atoms with Gasteiger partial charge in [0, 0.05) is 25.8 Å². The van der Waals surface area contributed by atoms with Crippen molar-refractivity contribution in [3.8, 4) is 0 Å². The van der Waals surface area contributed by atoms with E-state index in [1.165, 1.54) is 6.26 Å². The molecule has 2 aromatic heterocycles. The lowest BCUT2D eigenvalue weighted by Gasteiger charge is -2.31. The molecule has 20 heavy (non-hydrogen) atoms. The zero-order valence-electron chi connectivity index (χ0n) is 11.4. The maximum Gasteiger partial charge on any atom is 0.211 e. The first-order chi connectivity index (χ1) is 9.54. The van der Waals surface area contributed by atoms with Crippen LogP contribution >= 0.6 is 0 Å². The van der Waals surface area contributed by atoms with Crippen LogP contribution in [0.4, 0.5) is 0 Å². The molecule has 3 rings (SSSR count). The van der Waals surface area contributed by atoms with Gasteiger partial charge in [0.2, 0.25) is 10.0 Å². The number of piperidine rings is 1. The quantitative estimate of drug-likeness (QED) is 0.850. The Balaban J connectivity index is 1.77. The predicted octanol–water partition coefficient (Wildman–Crippen LogP) is 1.10. The molecule has 0 amide bonds. The minimum absolute atomic E-state index is 0.317. The molecular weight excluding hydrogens is 276 g/mol. The third kappa shape index (κ3) is 2.69. The van der Waals surface area contributed by atoms with Crippen LogP contribution in [-0.2, 0) is 16.6 Å². The Labute approximate surface area is 118 Å². The number of fused-ring (bicyclic) bond motifs is 1. The summed E-state index contributed by atoms with van der Waals surface area (Å²) < 4.78 is 26.9. The van der Waals surface area contributed by atoms with Crippen molar-refractivity contribution in [1.82, 2.24) is 18.8 Å². The third-order valence-electron chi connectivity index (χ3n) is 3.78. The molecule has 1 fully saturated rings. The number of aromatic nitrogens is 3. The first kappa shape index (κ1) is 13.5. The number of imidazole rings is 1. The Morgan fingerprint density at radius 3 is 3.05 bits per heavy atom. The van der Waals surface area contributed by atoms with E-state index in [1.54, 1.807) is 16.8 Å². The van der Waals surface area contributed by atoms with Crippen molar-refractivity contribution in [2.45, 2.75) is 19.4 Å². The van der Waals surface area contributed by atoms with Crippen LogP contribution in [-0.4, -0.2) is 46.6 Å². The first-order valence-electron chi connectivity index (χ1n) is 6.75. The van der Waals surface area contributed by atoms with E-state index in [9.17, 15) is 8.42 Å². The number of pyridine rings is 1. The molecule has 108 valence electrons. The van der Waals surface area contributed by atoms with E-state index in [-0.39, 0.29) is 0 Å². The van der Waals surface area contributed by atoms with Crippen LogP contribution in [0.25, 0.3) is 11.2 Å². The molecule has 0 saturated carbocycles. The Morgan fingerprint density at radius 1 is 1.40 bits per heavy atom. The van der Waals surface area contributed by atoms with Gasteiger partial charge in [-0.1, -0.05) is 0 Å². The largest absolute Gasteiger partial charge is 0.315 e. The van der Waals surface area contributed by atoms with Crippen molar-refractivity contribution >= 4 is 21.2 Å². The summed E-state index contributed by atoms with van der Waals surface area (Å²) in [5.41, 5.74) is 1.74. The normalized spacial score (nSPS) is 21.4. The summed E-state index contributed by atoms with van der Waals surface area (Å²) in [5, 5.41) is 0. The van der Waals surface area contributed by atoms with Crippen molar-refractivity contribution in [2.24, 2.45) is 5.92 Å². The second kappa shape index (κ2) is 5.14. The summed E-state index contributed by atoms with van der Waals surface area (Å²) in [6, 6.07) is 3.80. The molecule has 0 bridgehead atoms. The lowest BCUT2D eigenvalue weighted by molar-refractivity contribution is 0.247. The van der Waals surface area contributed by atoms with Gasteiger partial charge in [-0.2, -0.15) is 0 Å². The molecule has 0 N–H and O–H groups in total. The molecule has 0 aliphatic carbocycles. The van der Waals surface area contributed by atoms with Gasteiger partial charge in [-0.3, -0.25) is 0 Å². The molecule has 0 spiro atoms. The van der Waals surface area contributed by atoms with E-state index in [1.807, 2.05) is 16.7 Å². The van der Waals surface area contributed by atoms with Gasteiger partial charge in [-0.05, 0) is 30.9 Å². The minimum Gasteiger partial charge on any atom is -0.315 e. The van der Waals surface area contributed by atoms with Crippen molar-refractivity contribution < 1.29 is 8.42 Å². The van der Waals surface area contributed by atoms with Gasteiger partial charge in [0.1, 0.15) is 5.52 Å². The Hall–Kier alpha value is -1.47. The van der Waals surface area contributed by atoms with E-state index >= 15 is 0 Å². The molecular formula is C13H18N4O2S. The summed E-state index contributed by atoms with van der Waals surface area (Å²) >= 11 is 0. The topological polar surface area (TPSA) is 68.1 Å². The van der Waals surface area contributed by atoms with Crippen LogP contribution in [0, 0.1) is 5.92 Å². The number of nitrogens with zero attached hydrogens (tertiary/aromatic N) is 4. The molecule has 2 aromatic rings. The van der Waals surface area contributed by atoms with Crippen LogP contribution in [0.5, 0.6) is 0 Å². The Morgan fingerprint density at radius 2 is 2.25 bits per heavy atom. The van der Waals surface area contributed by atoms with Crippen molar-refractivity contribution in [2.75, 3.05) is 19.3 Å². The highest BCUT2D eigenvalue weighted by molar-refractivity contribution is 7.88. The van der Waals surface area contributed by atoms with E-state index < -0.39 is 10.0 Å². The van der Waals surface area contributed by atoms with E-state index in [0.29, 0.717) is 19.0 Å². The van der Waals surface area contributed by atoms with Crippen molar-refractivity contribution in [3.63, 3.8) is 0 Å². The predicted molar refractivity (Wildman–Crippen MR) is 76.7 cm³/mol. The van der Waals surface area contributed by atoms with Crippen LogP contribution in [0.3, 0.4) is 0 Å². The fourth-order valence-corrected chi connectivity index (χ4v) is 3.73. The highest BCUT2D eigenvalue weighted by atomic mass is 32.2. The number of rotatable bonds is 3. The van der Waals surface area contributed by atoms with E-state index in [2.05, 4.69) is 9.97 Å². The van der Waals surface area contributed by atoms with Crippen molar-refractivity contribution in [3.05, 3.63) is 24.7 Å².